The summed E-state index contributed by atoms with van der Waals surface area (Å²) in [4.78, 5) is 28.2. The van der Waals surface area contributed by atoms with Gasteiger partial charge in [0, 0.05) is 30.0 Å². The maximum absolute atomic E-state index is 13.5. The van der Waals surface area contributed by atoms with E-state index in [4.69, 9.17) is 14.2 Å². The number of carbonyl (C=O) groups is 2. The zero-order chi connectivity index (χ0) is 22.7. The van der Waals surface area contributed by atoms with E-state index < -0.39 is 11.8 Å². The molecule has 4 rings (SSSR count). The molecule has 7 heteroatoms. The van der Waals surface area contributed by atoms with Gasteiger partial charge in [-0.25, -0.2) is 4.90 Å². The number of imide groups is 1. The van der Waals surface area contributed by atoms with Gasteiger partial charge in [0.05, 0.1) is 32.6 Å². The van der Waals surface area contributed by atoms with Gasteiger partial charge in [-0.1, -0.05) is 36.4 Å². The van der Waals surface area contributed by atoms with Crippen LogP contribution in [0.4, 0.5) is 11.4 Å². The Kier molecular flexibility index (Phi) is 5.81. The van der Waals surface area contributed by atoms with Crippen molar-refractivity contribution >= 4 is 28.8 Å². The summed E-state index contributed by atoms with van der Waals surface area (Å²) in [5.41, 5.74) is 2.07. The second-order valence-corrected chi connectivity index (χ2v) is 6.99. The van der Waals surface area contributed by atoms with Gasteiger partial charge in [-0.05, 0) is 17.7 Å². The first kappa shape index (κ1) is 21.0. The van der Waals surface area contributed by atoms with Crippen LogP contribution in [0.15, 0.2) is 78.5 Å². The Morgan fingerprint density at radius 2 is 1.34 bits per heavy atom. The Labute approximate surface area is 185 Å². The smallest absolute Gasteiger partial charge is 0.282 e. The summed E-state index contributed by atoms with van der Waals surface area (Å²) in [6.07, 6.45) is 0. The molecule has 0 spiro atoms. The van der Waals surface area contributed by atoms with E-state index in [1.807, 2.05) is 18.2 Å². The van der Waals surface area contributed by atoms with Crippen LogP contribution in [0.2, 0.25) is 0 Å². The van der Waals surface area contributed by atoms with Crippen LogP contribution in [-0.4, -0.2) is 33.1 Å². The van der Waals surface area contributed by atoms with Gasteiger partial charge in [0.25, 0.3) is 11.8 Å². The summed E-state index contributed by atoms with van der Waals surface area (Å²) in [6.45, 7) is 0. The lowest BCUT2D eigenvalue weighted by Crippen LogP contribution is -2.32. The summed E-state index contributed by atoms with van der Waals surface area (Å²) < 4.78 is 15.9. The number of rotatable bonds is 7. The molecule has 3 aromatic rings. The van der Waals surface area contributed by atoms with E-state index >= 15 is 0 Å². The average molecular weight is 430 g/mol. The lowest BCUT2D eigenvalue weighted by Gasteiger charge is -2.17. The van der Waals surface area contributed by atoms with Gasteiger partial charge in [0.1, 0.15) is 22.9 Å². The van der Waals surface area contributed by atoms with Gasteiger partial charge in [-0.2, -0.15) is 0 Å². The van der Waals surface area contributed by atoms with Gasteiger partial charge in [-0.3, -0.25) is 9.59 Å². The highest BCUT2D eigenvalue weighted by Crippen LogP contribution is 2.37. The summed E-state index contributed by atoms with van der Waals surface area (Å²) in [7, 11) is 4.58. The van der Waals surface area contributed by atoms with Gasteiger partial charge < -0.3 is 19.5 Å². The summed E-state index contributed by atoms with van der Waals surface area (Å²) in [5.74, 6) is 0.641. The molecule has 0 atom stereocenters. The number of benzene rings is 3. The molecule has 0 saturated carbocycles. The van der Waals surface area contributed by atoms with Crippen molar-refractivity contribution in [2.24, 2.45) is 0 Å². The third-order valence-electron chi connectivity index (χ3n) is 5.08. The fraction of sp³-hybridized carbons (Fsp3) is 0.120. The van der Waals surface area contributed by atoms with Crippen LogP contribution in [-0.2, 0) is 9.59 Å². The highest BCUT2D eigenvalue weighted by molar-refractivity contribution is 6.46. The molecule has 1 N–H and O–H groups in total. The second-order valence-electron chi connectivity index (χ2n) is 6.99. The van der Waals surface area contributed by atoms with E-state index in [9.17, 15) is 9.59 Å². The van der Waals surface area contributed by atoms with Crippen LogP contribution in [0.5, 0.6) is 17.2 Å². The maximum Gasteiger partial charge on any atom is 0.282 e. The Bertz CT molecular complexity index is 1180. The molecule has 1 aliphatic rings. The first-order chi connectivity index (χ1) is 15.5. The van der Waals surface area contributed by atoms with Crippen molar-refractivity contribution in [2.75, 3.05) is 31.5 Å². The minimum atomic E-state index is -0.480. The number of nitrogens with one attached hydrogen (secondary N) is 1. The molecule has 0 unspecified atom stereocenters. The zero-order valence-electron chi connectivity index (χ0n) is 17.9. The number of carbonyl (C=O) groups excluding carboxylic acids is 2. The molecular weight excluding hydrogens is 408 g/mol. The van der Waals surface area contributed by atoms with Crippen molar-refractivity contribution in [1.29, 1.82) is 0 Å². The molecular formula is C25H22N2O5. The minimum absolute atomic E-state index is 0.177. The van der Waals surface area contributed by atoms with Crippen LogP contribution >= 0.6 is 0 Å². The molecule has 1 aliphatic heterocycles. The number of ether oxygens (including phenoxy) is 3. The minimum Gasteiger partial charge on any atom is -0.497 e. The molecule has 1 heterocycles. The maximum atomic E-state index is 13.5. The molecule has 0 fully saturated rings. The fourth-order valence-corrected chi connectivity index (χ4v) is 3.52. The summed E-state index contributed by atoms with van der Waals surface area (Å²) in [6, 6.07) is 21.2. The third kappa shape index (κ3) is 3.88. The second kappa shape index (κ2) is 8.85. The van der Waals surface area contributed by atoms with E-state index in [0.717, 1.165) is 4.90 Å². The molecule has 0 aliphatic carbocycles. The number of hydrogen-bond donors (Lipinski definition) is 1. The number of methoxy groups -OCH3 is 3. The van der Waals surface area contributed by atoms with Crippen molar-refractivity contribution < 1.29 is 23.8 Å². The molecule has 7 nitrogen and oxygen atoms in total. The molecule has 162 valence electrons. The highest BCUT2D eigenvalue weighted by atomic mass is 16.5. The van der Waals surface area contributed by atoms with Gasteiger partial charge in [0.15, 0.2) is 0 Å². The Morgan fingerprint density at radius 3 is 1.97 bits per heavy atom. The normalized spacial score (nSPS) is 13.4. The standard InChI is InChI=1S/C25H22N2O5/c1-30-19-11-7-10-17(12-19)26-23-22(16-8-5-4-6-9-16)24(28)27(25(23)29)18-13-20(31-2)15-21(14-18)32-3/h4-15,26H,1-3H3. The summed E-state index contributed by atoms with van der Waals surface area (Å²) >= 11 is 0. The molecule has 32 heavy (non-hydrogen) atoms. The number of hydrogen-bond acceptors (Lipinski definition) is 6. The van der Waals surface area contributed by atoms with Crippen molar-refractivity contribution in [3.05, 3.63) is 84.1 Å². The number of nitrogens with zero attached hydrogens (tertiary/aromatic N) is 1. The molecule has 0 bridgehead atoms. The largest absolute Gasteiger partial charge is 0.497 e. The van der Waals surface area contributed by atoms with Crippen LogP contribution in [0.3, 0.4) is 0 Å². The Morgan fingerprint density at radius 1 is 0.688 bits per heavy atom. The van der Waals surface area contributed by atoms with E-state index in [0.29, 0.717) is 34.2 Å². The van der Waals surface area contributed by atoms with E-state index in [-0.39, 0.29) is 11.3 Å². The summed E-state index contributed by atoms with van der Waals surface area (Å²) in [5, 5.41) is 3.13. The fourth-order valence-electron chi connectivity index (χ4n) is 3.52. The predicted octanol–water partition coefficient (Wildman–Crippen LogP) is 4.11. The van der Waals surface area contributed by atoms with E-state index in [2.05, 4.69) is 5.32 Å². The van der Waals surface area contributed by atoms with E-state index in [1.54, 1.807) is 61.7 Å². The highest BCUT2D eigenvalue weighted by Gasteiger charge is 2.40. The molecule has 0 saturated heterocycles. The third-order valence-corrected chi connectivity index (χ3v) is 5.08. The van der Waals surface area contributed by atoms with Crippen molar-refractivity contribution in [3.63, 3.8) is 0 Å². The van der Waals surface area contributed by atoms with Gasteiger partial charge >= 0.3 is 0 Å². The van der Waals surface area contributed by atoms with E-state index in [1.165, 1.54) is 14.2 Å². The first-order valence-corrected chi connectivity index (χ1v) is 9.88. The lowest BCUT2D eigenvalue weighted by molar-refractivity contribution is -0.120. The van der Waals surface area contributed by atoms with Crippen LogP contribution in [0.25, 0.3) is 5.57 Å². The molecule has 0 radical (unpaired) electrons. The van der Waals surface area contributed by atoms with Crippen LogP contribution in [0.1, 0.15) is 5.56 Å². The Balaban J connectivity index is 1.82. The lowest BCUT2D eigenvalue weighted by atomic mass is 10.0. The number of anilines is 2. The number of amides is 2. The van der Waals surface area contributed by atoms with Crippen LogP contribution < -0.4 is 24.4 Å². The van der Waals surface area contributed by atoms with Crippen molar-refractivity contribution in [1.82, 2.24) is 0 Å². The average Bonchev–Trinajstić information content (AvgIpc) is 3.08. The van der Waals surface area contributed by atoms with Gasteiger partial charge in [-0.15, -0.1) is 0 Å². The van der Waals surface area contributed by atoms with Crippen LogP contribution in [0, 0.1) is 0 Å². The topological polar surface area (TPSA) is 77.1 Å². The Hall–Kier alpha value is -4.26. The predicted molar refractivity (Wildman–Crippen MR) is 122 cm³/mol. The molecule has 3 aromatic carbocycles. The molecule has 2 amide bonds. The zero-order valence-corrected chi connectivity index (χ0v) is 17.9. The van der Waals surface area contributed by atoms with Gasteiger partial charge in [0.2, 0.25) is 0 Å². The van der Waals surface area contributed by atoms with Crippen molar-refractivity contribution in [3.8, 4) is 17.2 Å². The SMILES string of the molecule is COc1cccc(NC2=C(c3ccccc3)C(=O)N(c3cc(OC)cc(OC)c3)C2=O)c1. The van der Waals surface area contributed by atoms with Crippen molar-refractivity contribution in [2.45, 2.75) is 0 Å². The quantitative estimate of drug-likeness (QED) is 0.569. The molecule has 0 aromatic heterocycles. The monoisotopic (exact) mass is 430 g/mol. The first-order valence-electron chi connectivity index (χ1n) is 9.88.